The summed E-state index contributed by atoms with van der Waals surface area (Å²) < 4.78 is 14.5. The van der Waals surface area contributed by atoms with Gasteiger partial charge < -0.3 is 15.5 Å². The number of nitrogens with zero attached hydrogens (tertiary/aromatic N) is 1. The topological polar surface area (TPSA) is 61.4 Å². The first-order valence-electron chi connectivity index (χ1n) is 13.1. The number of carbonyl (C=O) groups is 2. The summed E-state index contributed by atoms with van der Waals surface area (Å²) in [6.45, 7) is 0.914. The highest BCUT2D eigenvalue weighted by molar-refractivity contribution is 7.99. The van der Waals surface area contributed by atoms with Gasteiger partial charge in [-0.15, -0.1) is 0 Å². The average molecular weight is 538 g/mol. The van der Waals surface area contributed by atoms with Crippen molar-refractivity contribution in [3.05, 3.63) is 126 Å². The molecule has 2 N–H and O–H groups in total. The van der Waals surface area contributed by atoms with Gasteiger partial charge in [0.2, 0.25) is 0 Å². The number of amides is 1. The number of anilines is 1. The van der Waals surface area contributed by atoms with Crippen molar-refractivity contribution in [2.24, 2.45) is 5.92 Å². The molecule has 0 bridgehead atoms. The monoisotopic (exact) mass is 537 g/mol. The Morgan fingerprint density at radius 2 is 1.72 bits per heavy atom. The minimum absolute atomic E-state index is 0.00101. The molecular weight excluding hydrogens is 509 g/mol. The van der Waals surface area contributed by atoms with Crippen molar-refractivity contribution in [2.75, 3.05) is 23.4 Å². The van der Waals surface area contributed by atoms with E-state index in [0.717, 1.165) is 23.6 Å². The van der Waals surface area contributed by atoms with E-state index in [0.29, 0.717) is 34.4 Å². The number of allylic oxidation sites excluding steroid dienone is 1. The van der Waals surface area contributed by atoms with E-state index in [1.807, 2.05) is 18.0 Å². The van der Waals surface area contributed by atoms with E-state index < -0.39 is 0 Å². The first kappa shape index (κ1) is 25.2. The van der Waals surface area contributed by atoms with E-state index in [-0.39, 0.29) is 29.5 Å². The summed E-state index contributed by atoms with van der Waals surface area (Å²) >= 11 is 1.91. The highest BCUT2D eigenvalue weighted by atomic mass is 32.2. The molecule has 1 aliphatic carbocycles. The van der Waals surface area contributed by atoms with Crippen molar-refractivity contribution in [3.63, 3.8) is 0 Å². The molecule has 3 aromatic carbocycles. The number of hydrogen-bond acceptors (Lipinski definition) is 5. The molecule has 39 heavy (non-hydrogen) atoms. The summed E-state index contributed by atoms with van der Waals surface area (Å²) in [5.74, 6) is 1.15. The van der Waals surface area contributed by atoms with Crippen molar-refractivity contribution in [3.8, 4) is 11.1 Å². The zero-order chi connectivity index (χ0) is 26.8. The number of benzene rings is 3. The minimum Gasteiger partial charge on any atom is -0.366 e. The van der Waals surface area contributed by atoms with E-state index in [2.05, 4.69) is 33.9 Å². The summed E-state index contributed by atoms with van der Waals surface area (Å²) in [4.78, 5) is 29.3. The van der Waals surface area contributed by atoms with Gasteiger partial charge in [0, 0.05) is 58.5 Å². The third-order valence-corrected chi connectivity index (χ3v) is 8.42. The fourth-order valence-corrected chi connectivity index (χ4v) is 6.49. The minimum atomic E-state index is -0.383. The smallest absolute Gasteiger partial charge is 0.256 e. The van der Waals surface area contributed by atoms with Crippen LogP contribution in [-0.2, 0) is 0 Å². The van der Waals surface area contributed by atoms with Gasteiger partial charge in [0.25, 0.3) is 5.91 Å². The van der Waals surface area contributed by atoms with Crippen LogP contribution in [0.5, 0.6) is 0 Å². The van der Waals surface area contributed by atoms with Crippen LogP contribution in [0.1, 0.15) is 27.1 Å². The Morgan fingerprint density at radius 1 is 0.949 bits per heavy atom. The SMILES string of the molecule is O=C(Nc1ccc(C(=O)C2CC=CC3=CNC=C4CSCCN4C32)cc1)c1ccccc1-c1ccccc1F. The molecule has 0 spiro atoms. The molecule has 1 saturated heterocycles. The largest absolute Gasteiger partial charge is 0.366 e. The lowest BCUT2D eigenvalue weighted by Gasteiger charge is -2.42. The maximum Gasteiger partial charge on any atom is 0.256 e. The molecule has 2 heterocycles. The standard InChI is InChI=1S/C32H28FN3O2S/c33-29-11-4-3-8-26(29)25-7-1-2-9-27(25)32(38)35-23-14-12-21(13-15-23)31(37)28-10-5-6-22-18-34-19-24-20-39-17-16-36(24)30(22)28/h1-9,11-15,18-19,28,30,34H,10,16-17,20H2,(H,35,38). The van der Waals surface area contributed by atoms with Crippen molar-refractivity contribution in [1.29, 1.82) is 0 Å². The Bertz CT molecular complexity index is 1510. The third-order valence-electron chi connectivity index (χ3n) is 7.45. The maximum atomic E-state index is 14.5. The Labute approximate surface area is 231 Å². The van der Waals surface area contributed by atoms with E-state index >= 15 is 0 Å². The second-order valence-electron chi connectivity index (χ2n) is 9.80. The molecular formula is C32H28FN3O2S. The molecule has 0 radical (unpaired) electrons. The number of thioether (sulfide) groups is 1. The molecule has 196 valence electrons. The molecule has 5 nitrogen and oxygen atoms in total. The molecule has 3 aromatic rings. The lowest BCUT2D eigenvalue weighted by molar-refractivity contribution is 0.0850. The van der Waals surface area contributed by atoms with Gasteiger partial charge in [0.1, 0.15) is 5.82 Å². The molecule has 2 atom stereocenters. The van der Waals surface area contributed by atoms with E-state index in [1.54, 1.807) is 66.7 Å². The van der Waals surface area contributed by atoms with Crippen LogP contribution in [-0.4, -0.2) is 40.7 Å². The van der Waals surface area contributed by atoms with Crippen LogP contribution in [0.2, 0.25) is 0 Å². The third kappa shape index (κ3) is 5.02. The van der Waals surface area contributed by atoms with Crippen molar-refractivity contribution < 1.29 is 14.0 Å². The normalized spacial score (nSPS) is 20.0. The van der Waals surface area contributed by atoms with Gasteiger partial charge in [-0.25, -0.2) is 4.39 Å². The second kappa shape index (κ2) is 10.9. The molecule has 0 saturated carbocycles. The summed E-state index contributed by atoms with van der Waals surface area (Å²) in [5, 5.41) is 6.20. The number of fused-ring (bicyclic) bond motifs is 3. The fraction of sp³-hybridized carbons (Fsp3) is 0.188. The van der Waals surface area contributed by atoms with Gasteiger partial charge >= 0.3 is 0 Å². The van der Waals surface area contributed by atoms with Crippen molar-refractivity contribution in [2.45, 2.75) is 12.5 Å². The Kier molecular flexibility index (Phi) is 7.07. The summed E-state index contributed by atoms with van der Waals surface area (Å²) in [5.41, 5.74) is 4.81. The molecule has 2 unspecified atom stereocenters. The van der Waals surface area contributed by atoms with Crippen LogP contribution in [0.25, 0.3) is 11.1 Å². The zero-order valence-corrected chi connectivity index (χ0v) is 22.1. The summed E-state index contributed by atoms with van der Waals surface area (Å²) in [6.07, 6.45) is 8.95. The summed E-state index contributed by atoms with van der Waals surface area (Å²) in [6, 6.07) is 20.4. The Hall–Kier alpha value is -4.10. The number of nitrogens with one attached hydrogen (secondary N) is 2. The number of hydrogen-bond donors (Lipinski definition) is 2. The van der Waals surface area contributed by atoms with E-state index in [9.17, 15) is 14.0 Å². The van der Waals surface area contributed by atoms with Crippen LogP contribution in [0.15, 0.2) is 109 Å². The number of rotatable bonds is 5. The van der Waals surface area contributed by atoms with Gasteiger partial charge in [-0.3, -0.25) is 9.59 Å². The lowest BCUT2D eigenvalue weighted by Crippen LogP contribution is -2.47. The van der Waals surface area contributed by atoms with Crippen molar-refractivity contribution >= 4 is 29.1 Å². The Balaban J connectivity index is 1.21. The molecule has 3 aliphatic rings. The van der Waals surface area contributed by atoms with Crippen LogP contribution in [0, 0.1) is 11.7 Å². The van der Waals surface area contributed by atoms with Gasteiger partial charge in [-0.05, 0) is 54.0 Å². The molecule has 0 aromatic heterocycles. The first-order valence-corrected chi connectivity index (χ1v) is 14.2. The van der Waals surface area contributed by atoms with Crippen LogP contribution >= 0.6 is 11.8 Å². The van der Waals surface area contributed by atoms with Crippen LogP contribution in [0.3, 0.4) is 0 Å². The van der Waals surface area contributed by atoms with Gasteiger partial charge in [-0.1, -0.05) is 48.6 Å². The lowest BCUT2D eigenvalue weighted by atomic mass is 9.79. The van der Waals surface area contributed by atoms with E-state index in [1.165, 1.54) is 11.8 Å². The van der Waals surface area contributed by atoms with E-state index in [4.69, 9.17) is 0 Å². The quantitative estimate of drug-likeness (QED) is 0.377. The highest BCUT2D eigenvalue weighted by Crippen LogP contribution is 2.36. The maximum absolute atomic E-state index is 14.5. The molecule has 6 rings (SSSR count). The number of carbonyl (C=O) groups excluding carboxylic acids is 2. The highest BCUT2D eigenvalue weighted by Gasteiger charge is 2.38. The van der Waals surface area contributed by atoms with Gasteiger partial charge in [0.15, 0.2) is 5.78 Å². The van der Waals surface area contributed by atoms with Crippen LogP contribution in [0.4, 0.5) is 10.1 Å². The number of Topliss-reactive ketones (excluding diaryl/α,β-unsaturated/α-hetero) is 1. The Morgan fingerprint density at radius 3 is 2.54 bits per heavy atom. The van der Waals surface area contributed by atoms with Crippen molar-refractivity contribution in [1.82, 2.24) is 10.2 Å². The average Bonchev–Trinajstić information content (AvgIpc) is 3.17. The first-order chi connectivity index (χ1) is 19.1. The van der Waals surface area contributed by atoms with Gasteiger partial charge in [-0.2, -0.15) is 11.8 Å². The number of ketones is 1. The van der Waals surface area contributed by atoms with Gasteiger partial charge in [0.05, 0.1) is 12.0 Å². The second-order valence-corrected chi connectivity index (χ2v) is 10.9. The predicted molar refractivity (Wildman–Crippen MR) is 155 cm³/mol. The molecule has 7 heteroatoms. The molecule has 1 amide bonds. The molecule has 1 fully saturated rings. The predicted octanol–water partition coefficient (Wildman–Crippen LogP) is 6.25. The number of halogens is 1. The molecule has 2 aliphatic heterocycles. The zero-order valence-electron chi connectivity index (χ0n) is 21.3. The van der Waals surface area contributed by atoms with Crippen LogP contribution < -0.4 is 10.6 Å². The fourth-order valence-electron chi connectivity index (χ4n) is 5.56. The summed E-state index contributed by atoms with van der Waals surface area (Å²) in [7, 11) is 0.